The second-order valence-corrected chi connectivity index (χ2v) is 6.77. The van der Waals surface area contributed by atoms with Crippen LogP contribution in [0.4, 0.5) is 5.13 Å². The number of carbonyl (C=O) groups excluding carboxylic acids is 2. The first-order valence-corrected chi connectivity index (χ1v) is 8.70. The lowest BCUT2D eigenvalue weighted by atomic mass is 10.1. The van der Waals surface area contributed by atoms with E-state index in [2.05, 4.69) is 15.4 Å². The molecule has 0 saturated heterocycles. The van der Waals surface area contributed by atoms with Crippen molar-refractivity contribution in [1.82, 2.24) is 20.1 Å². The molecule has 2 rings (SSSR count). The van der Waals surface area contributed by atoms with Gasteiger partial charge in [-0.3, -0.25) is 14.3 Å². The first-order valence-electron chi connectivity index (χ1n) is 7.82. The fraction of sp³-hybridized carbons (Fsp3) is 0.500. The van der Waals surface area contributed by atoms with Gasteiger partial charge < -0.3 is 11.1 Å². The summed E-state index contributed by atoms with van der Waals surface area (Å²) in [6.45, 7) is 7.64. The van der Waals surface area contributed by atoms with Crippen molar-refractivity contribution in [3.8, 4) is 0 Å². The summed E-state index contributed by atoms with van der Waals surface area (Å²) < 4.78 is 1.76. The van der Waals surface area contributed by atoms with Crippen LogP contribution >= 0.6 is 11.3 Å². The van der Waals surface area contributed by atoms with Crippen LogP contribution in [-0.2, 0) is 11.2 Å². The van der Waals surface area contributed by atoms with Crippen molar-refractivity contribution in [1.29, 1.82) is 0 Å². The molecule has 0 aliphatic heterocycles. The number of nitrogen functional groups attached to an aromatic ring is 1. The lowest BCUT2D eigenvalue weighted by Crippen LogP contribution is -2.28. The van der Waals surface area contributed by atoms with E-state index in [0.717, 1.165) is 11.4 Å². The van der Waals surface area contributed by atoms with E-state index in [1.54, 1.807) is 4.68 Å². The van der Waals surface area contributed by atoms with E-state index >= 15 is 0 Å². The summed E-state index contributed by atoms with van der Waals surface area (Å²) in [5, 5.41) is 9.72. The number of hydrogen-bond donors (Lipinski definition) is 2. The number of aromatic nitrogens is 3. The molecule has 0 radical (unpaired) electrons. The van der Waals surface area contributed by atoms with Gasteiger partial charge >= 0.3 is 0 Å². The van der Waals surface area contributed by atoms with E-state index in [4.69, 9.17) is 5.73 Å². The molecule has 8 heteroatoms. The first-order chi connectivity index (χ1) is 11.3. The van der Waals surface area contributed by atoms with Crippen molar-refractivity contribution in [2.24, 2.45) is 0 Å². The molecule has 0 aliphatic rings. The highest BCUT2D eigenvalue weighted by atomic mass is 32.1. The van der Waals surface area contributed by atoms with E-state index in [1.807, 2.05) is 26.2 Å². The number of nitrogens with zero attached hydrogens (tertiary/aromatic N) is 3. The van der Waals surface area contributed by atoms with Gasteiger partial charge in [0.25, 0.3) is 0 Å². The fourth-order valence-corrected chi connectivity index (χ4v) is 3.39. The van der Waals surface area contributed by atoms with Crippen molar-refractivity contribution < 1.29 is 9.59 Å². The summed E-state index contributed by atoms with van der Waals surface area (Å²) in [5.41, 5.74) is 8.61. The largest absolute Gasteiger partial charge is 0.375 e. The molecule has 2 heterocycles. The van der Waals surface area contributed by atoms with E-state index in [1.165, 1.54) is 18.3 Å². The number of Topliss-reactive ketones (excluding diaryl/α,β-unsaturated/α-hetero) is 1. The van der Waals surface area contributed by atoms with Crippen LogP contribution < -0.4 is 11.1 Å². The van der Waals surface area contributed by atoms with Gasteiger partial charge in [-0.1, -0.05) is 0 Å². The molecule has 0 unspecified atom stereocenters. The first kappa shape index (κ1) is 18.1. The van der Waals surface area contributed by atoms with Crippen molar-refractivity contribution >= 4 is 28.2 Å². The molecule has 1 amide bonds. The lowest BCUT2D eigenvalue weighted by Gasteiger charge is -2.14. The third-order valence-corrected chi connectivity index (χ3v) is 4.57. The number of amides is 1. The third kappa shape index (κ3) is 4.19. The Hall–Kier alpha value is -2.22. The monoisotopic (exact) mass is 349 g/mol. The van der Waals surface area contributed by atoms with Crippen LogP contribution in [0.1, 0.15) is 53.7 Å². The number of anilines is 1. The summed E-state index contributed by atoms with van der Waals surface area (Å²) >= 11 is 1.39. The van der Waals surface area contributed by atoms with Gasteiger partial charge in [0.2, 0.25) is 5.91 Å². The van der Waals surface area contributed by atoms with Crippen LogP contribution in [0.15, 0.2) is 5.38 Å². The molecular weight excluding hydrogens is 326 g/mol. The Morgan fingerprint density at radius 1 is 1.42 bits per heavy atom. The molecule has 0 saturated carbocycles. The van der Waals surface area contributed by atoms with Gasteiger partial charge in [0.1, 0.15) is 0 Å². The zero-order chi connectivity index (χ0) is 17.9. The maximum Gasteiger partial charge on any atom is 0.222 e. The second kappa shape index (κ2) is 7.57. The number of rotatable bonds is 7. The Morgan fingerprint density at radius 2 is 2.12 bits per heavy atom. The molecule has 1 atom stereocenters. The predicted octanol–water partition coefficient (Wildman–Crippen LogP) is 2.05. The molecule has 24 heavy (non-hydrogen) atoms. The average Bonchev–Trinajstić information content (AvgIpc) is 3.02. The number of thiazole rings is 1. The van der Waals surface area contributed by atoms with Gasteiger partial charge in [0, 0.05) is 30.5 Å². The maximum absolute atomic E-state index is 12.1. The molecular formula is C16H23N5O2S. The fourth-order valence-electron chi connectivity index (χ4n) is 2.80. The minimum Gasteiger partial charge on any atom is -0.375 e. The molecule has 2 aromatic rings. The summed E-state index contributed by atoms with van der Waals surface area (Å²) in [6.07, 6.45) is 0.959. The van der Waals surface area contributed by atoms with Crippen LogP contribution in [-0.4, -0.2) is 33.0 Å². The van der Waals surface area contributed by atoms with E-state index in [-0.39, 0.29) is 17.7 Å². The smallest absolute Gasteiger partial charge is 0.222 e. The maximum atomic E-state index is 12.1. The number of nitrogens with one attached hydrogen (secondary N) is 1. The highest BCUT2D eigenvalue weighted by Gasteiger charge is 2.20. The third-order valence-electron chi connectivity index (χ3n) is 3.85. The molecule has 0 spiro atoms. The number of nitrogens with two attached hydrogens (primary N) is 1. The standard InChI is InChI=1S/C16H23N5O2S/c1-9(21-11(3)15(12(4)22)10(2)20-21)7-14(23)18-6-5-13-8-24-16(17)19-13/h8-9H,5-7H2,1-4H3,(H2,17,19)(H,18,23)/t9-/m1/s1. The van der Waals surface area contributed by atoms with Crippen LogP contribution in [0.5, 0.6) is 0 Å². The summed E-state index contributed by atoms with van der Waals surface area (Å²) in [7, 11) is 0. The van der Waals surface area contributed by atoms with Gasteiger partial charge in [-0.15, -0.1) is 11.3 Å². The molecule has 7 nitrogen and oxygen atoms in total. The molecule has 0 aromatic carbocycles. The quantitative estimate of drug-likeness (QED) is 0.745. The zero-order valence-corrected chi connectivity index (χ0v) is 15.2. The molecule has 0 aliphatic carbocycles. The van der Waals surface area contributed by atoms with Gasteiger partial charge in [-0.2, -0.15) is 5.10 Å². The van der Waals surface area contributed by atoms with Crippen molar-refractivity contribution in [2.45, 2.75) is 46.6 Å². The Bertz CT molecular complexity index is 750. The minimum atomic E-state index is -0.119. The van der Waals surface area contributed by atoms with Crippen LogP contribution in [0, 0.1) is 13.8 Å². The highest BCUT2D eigenvalue weighted by molar-refractivity contribution is 7.13. The van der Waals surface area contributed by atoms with Gasteiger partial charge in [0.05, 0.1) is 23.0 Å². The van der Waals surface area contributed by atoms with Crippen LogP contribution in [0.2, 0.25) is 0 Å². The number of carbonyl (C=O) groups is 2. The number of aryl methyl sites for hydroxylation is 1. The highest BCUT2D eigenvalue weighted by Crippen LogP contribution is 2.20. The number of hydrogen-bond acceptors (Lipinski definition) is 6. The summed E-state index contributed by atoms with van der Waals surface area (Å²) in [5.74, 6) is -0.0573. The zero-order valence-electron chi connectivity index (χ0n) is 14.4. The topological polar surface area (TPSA) is 103 Å². The van der Waals surface area contributed by atoms with Crippen LogP contribution in [0.25, 0.3) is 0 Å². The molecule has 2 aromatic heterocycles. The Morgan fingerprint density at radius 3 is 2.67 bits per heavy atom. The van der Waals surface area contributed by atoms with Crippen molar-refractivity contribution in [3.05, 3.63) is 28.0 Å². The van der Waals surface area contributed by atoms with E-state index < -0.39 is 0 Å². The molecule has 3 N–H and O–H groups in total. The van der Waals surface area contributed by atoms with Gasteiger partial charge in [0.15, 0.2) is 10.9 Å². The van der Waals surface area contributed by atoms with Gasteiger partial charge in [-0.05, 0) is 27.7 Å². The number of ketones is 1. The Kier molecular flexibility index (Phi) is 5.71. The molecule has 0 fully saturated rings. The van der Waals surface area contributed by atoms with E-state index in [0.29, 0.717) is 35.8 Å². The van der Waals surface area contributed by atoms with Crippen LogP contribution in [0.3, 0.4) is 0 Å². The lowest BCUT2D eigenvalue weighted by molar-refractivity contribution is -0.121. The summed E-state index contributed by atoms with van der Waals surface area (Å²) in [4.78, 5) is 27.9. The normalized spacial score (nSPS) is 12.2. The van der Waals surface area contributed by atoms with Crippen molar-refractivity contribution in [3.63, 3.8) is 0 Å². The molecule has 0 bridgehead atoms. The Labute approximate surface area is 145 Å². The van der Waals surface area contributed by atoms with E-state index in [9.17, 15) is 9.59 Å². The minimum absolute atomic E-state index is 0.00422. The second-order valence-electron chi connectivity index (χ2n) is 5.88. The molecule has 130 valence electrons. The SMILES string of the molecule is CC(=O)c1c(C)nn([C@H](C)CC(=O)NCCc2csc(N)n2)c1C. The predicted molar refractivity (Wildman–Crippen MR) is 94.3 cm³/mol. The van der Waals surface area contributed by atoms with Crippen molar-refractivity contribution in [2.75, 3.05) is 12.3 Å². The van der Waals surface area contributed by atoms with Gasteiger partial charge in [-0.25, -0.2) is 4.98 Å². The average molecular weight is 349 g/mol. The Balaban J connectivity index is 1.89. The summed E-state index contributed by atoms with van der Waals surface area (Å²) in [6, 6.07) is -0.119.